The molecular formula is C15H19N3. The van der Waals surface area contributed by atoms with Gasteiger partial charge in [0.05, 0.1) is 0 Å². The Hall–Kier alpha value is -1.74. The van der Waals surface area contributed by atoms with E-state index in [0.29, 0.717) is 6.54 Å². The smallest absolute Gasteiger partial charge is 0.159 e. The van der Waals surface area contributed by atoms with Gasteiger partial charge in [-0.3, -0.25) is 0 Å². The number of hydrogen-bond acceptors (Lipinski definition) is 3. The Kier molecular flexibility index (Phi) is 3.72. The maximum Gasteiger partial charge on any atom is 0.159 e. The van der Waals surface area contributed by atoms with E-state index in [0.717, 1.165) is 29.2 Å². The minimum Gasteiger partial charge on any atom is -0.330 e. The molecule has 0 spiro atoms. The van der Waals surface area contributed by atoms with Crippen molar-refractivity contribution in [3.63, 3.8) is 0 Å². The zero-order valence-corrected chi connectivity index (χ0v) is 11.2. The van der Waals surface area contributed by atoms with E-state index in [9.17, 15) is 0 Å². The maximum absolute atomic E-state index is 5.61. The topological polar surface area (TPSA) is 51.8 Å². The molecule has 0 bridgehead atoms. The Balaban J connectivity index is 2.44. The molecule has 1 aromatic heterocycles. The van der Waals surface area contributed by atoms with Crippen LogP contribution in [0, 0.1) is 20.8 Å². The fourth-order valence-corrected chi connectivity index (χ4v) is 2.08. The Morgan fingerprint density at radius 2 is 1.50 bits per heavy atom. The summed E-state index contributed by atoms with van der Waals surface area (Å²) in [5.74, 6) is 0.797. The van der Waals surface area contributed by atoms with E-state index in [-0.39, 0.29) is 0 Å². The van der Waals surface area contributed by atoms with Crippen LogP contribution >= 0.6 is 0 Å². The van der Waals surface area contributed by atoms with E-state index in [2.05, 4.69) is 41.2 Å². The molecule has 0 amide bonds. The molecule has 0 fully saturated rings. The molecule has 0 atom stereocenters. The van der Waals surface area contributed by atoms with Crippen LogP contribution in [0.3, 0.4) is 0 Å². The van der Waals surface area contributed by atoms with Gasteiger partial charge in [-0.2, -0.15) is 0 Å². The second-order valence-electron chi connectivity index (χ2n) is 4.60. The summed E-state index contributed by atoms with van der Waals surface area (Å²) in [6.45, 7) is 6.76. The molecule has 0 radical (unpaired) electrons. The van der Waals surface area contributed by atoms with Crippen molar-refractivity contribution in [1.82, 2.24) is 9.97 Å². The van der Waals surface area contributed by atoms with Crippen LogP contribution in [-0.2, 0) is 6.42 Å². The molecule has 94 valence electrons. The summed E-state index contributed by atoms with van der Waals surface area (Å²) in [6, 6.07) is 8.28. The third-order valence-corrected chi connectivity index (χ3v) is 3.12. The van der Waals surface area contributed by atoms with Crippen LogP contribution in [0.25, 0.3) is 11.4 Å². The highest BCUT2D eigenvalue weighted by atomic mass is 14.9. The van der Waals surface area contributed by atoms with E-state index < -0.39 is 0 Å². The third-order valence-electron chi connectivity index (χ3n) is 3.12. The monoisotopic (exact) mass is 241 g/mol. The van der Waals surface area contributed by atoms with Crippen LogP contribution in [0.4, 0.5) is 0 Å². The van der Waals surface area contributed by atoms with Gasteiger partial charge in [0.2, 0.25) is 0 Å². The van der Waals surface area contributed by atoms with Gasteiger partial charge in [-0.05, 0) is 39.3 Å². The predicted molar refractivity (Wildman–Crippen MR) is 74.4 cm³/mol. The number of benzene rings is 1. The van der Waals surface area contributed by atoms with Crippen LogP contribution in [0.15, 0.2) is 24.3 Å². The number of nitrogens with zero attached hydrogens (tertiary/aromatic N) is 2. The molecule has 1 aromatic carbocycles. The number of nitrogens with two attached hydrogens (primary N) is 1. The number of rotatable bonds is 3. The number of aromatic nitrogens is 2. The molecule has 0 unspecified atom stereocenters. The van der Waals surface area contributed by atoms with Crippen molar-refractivity contribution in [2.24, 2.45) is 5.73 Å². The molecule has 0 aliphatic heterocycles. The highest BCUT2D eigenvalue weighted by Gasteiger charge is 2.09. The van der Waals surface area contributed by atoms with Crippen molar-refractivity contribution < 1.29 is 0 Å². The first-order valence-electron chi connectivity index (χ1n) is 6.23. The Morgan fingerprint density at radius 1 is 0.944 bits per heavy atom. The van der Waals surface area contributed by atoms with Crippen LogP contribution in [0.2, 0.25) is 0 Å². The van der Waals surface area contributed by atoms with E-state index in [4.69, 9.17) is 5.73 Å². The summed E-state index contributed by atoms with van der Waals surface area (Å²) in [6.07, 6.45) is 0.839. The van der Waals surface area contributed by atoms with Crippen molar-refractivity contribution in [3.8, 4) is 11.4 Å². The second-order valence-corrected chi connectivity index (χ2v) is 4.60. The summed E-state index contributed by atoms with van der Waals surface area (Å²) >= 11 is 0. The first-order valence-corrected chi connectivity index (χ1v) is 6.23. The van der Waals surface area contributed by atoms with Gasteiger partial charge in [0, 0.05) is 17.0 Å². The SMILES string of the molecule is Cc1ccc(-c2nc(C)c(CCN)c(C)n2)cc1. The first-order chi connectivity index (χ1) is 8.61. The Labute approximate surface area is 108 Å². The molecular weight excluding hydrogens is 222 g/mol. The van der Waals surface area contributed by atoms with Gasteiger partial charge in [-0.25, -0.2) is 9.97 Å². The molecule has 0 saturated heterocycles. The van der Waals surface area contributed by atoms with Crippen molar-refractivity contribution >= 4 is 0 Å². The molecule has 0 saturated carbocycles. The van der Waals surface area contributed by atoms with E-state index in [1.165, 1.54) is 11.1 Å². The minimum absolute atomic E-state index is 0.634. The van der Waals surface area contributed by atoms with Crippen LogP contribution < -0.4 is 5.73 Å². The lowest BCUT2D eigenvalue weighted by molar-refractivity contribution is 0.899. The summed E-state index contributed by atoms with van der Waals surface area (Å²) in [5, 5.41) is 0. The van der Waals surface area contributed by atoms with Crippen molar-refractivity contribution in [3.05, 3.63) is 46.8 Å². The standard InChI is InChI=1S/C15H19N3/c1-10-4-6-13(7-5-10)15-17-11(2)14(8-9-16)12(3)18-15/h4-7H,8-9,16H2,1-3H3. The summed E-state index contributed by atoms with van der Waals surface area (Å²) in [5.41, 5.74) is 11.1. The molecule has 2 aromatic rings. The van der Waals surface area contributed by atoms with Gasteiger partial charge in [0.25, 0.3) is 0 Å². The predicted octanol–water partition coefficient (Wildman–Crippen LogP) is 2.57. The van der Waals surface area contributed by atoms with Crippen molar-refractivity contribution in [2.75, 3.05) is 6.54 Å². The molecule has 1 heterocycles. The zero-order valence-electron chi connectivity index (χ0n) is 11.2. The molecule has 3 nitrogen and oxygen atoms in total. The van der Waals surface area contributed by atoms with Gasteiger partial charge in [0.15, 0.2) is 5.82 Å². The molecule has 0 aliphatic carbocycles. The van der Waals surface area contributed by atoms with Gasteiger partial charge < -0.3 is 5.73 Å². The summed E-state index contributed by atoms with van der Waals surface area (Å²) in [7, 11) is 0. The van der Waals surface area contributed by atoms with Gasteiger partial charge >= 0.3 is 0 Å². The lowest BCUT2D eigenvalue weighted by Crippen LogP contribution is -2.09. The first kappa shape index (κ1) is 12.7. The minimum atomic E-state index is 0.634. The Bertz CT molecular complexity index is 521. The number of hydrogen-bond donors (Lipinski definition) is 1. The average Bonchev–Trinajstić information content (AvgIpc) is 2.34. The van der Waals surface area contributed by atoms with Gasteiger partial charge in [-0.1, -0.05) is 29.8 Å². The van der Waals surface area contributed by atoms with E-state index >= 15 is 0 Å². The lowest BCUT2D eigenvalue weighted by Gasteiger charge is -2.10. The molecule has 0 aliphatic rings. The van der Waals surface area contributed by atoms with Crippen LogP contribution in [0.1, 0.15) is 22.5 Å². The van der Waals surface area contributed by atoms with Crippen LogP contribution in [-0.4, -0.2) is 16.5 Å². The average molecular weight is 241 g/mol. The third kappa shape index (κ3) is 2.57. The van der Waals surface area contributed by atoms with Crippen molar-refractivity contribution in [1.29, 1.82) is 0 Å². The highest BCUT2D eigenvalue weighted by molar-refractivity contribution is 5.56. The molecule has 2 rings (SSSR count). The Morgan fingerprint density at radius 3 is 2.00 bits per heavy atom. The van der Waals surface area contributed by atoms with E-state index in [1.54, 1.807) is 0 Å². The maximum atomic E-state index is 5.61. The molecule has 2 N–H and O–H groups in total. The largest absolute Gasteiger partial charge is 0.330 e. The van der Waals surface area contributed by atoms with Crippen molar-refractivity contribution in [2.45, 2.75) is 27.2 Å². The summed E-state index contributed by atoms with van der Waals surface area (Å²) < 4.78 is 0. The fourth-order valence-electron chi connectivity index (χ4n) is 2.08. The highest BCUT2D eigenvalue weighted by Crippen LogP contribution is 2.19. The fraction of sp³-hybridized carbons (Fsp3) is 0.333. The lowest BCUT2D eigenvalue weighted by atomic mass is 10.1. The summed E-state index contributed by atoms with van der Waals surface area (Å²) in [4.78, 5) is 9.17. The molecule has 18 heavy (non-hydrogen) atoms. The molecule has 3 heteroatoms. The van der Waals surface area contributed by atoms with Gasteiger partial charge in [-0.15, -0.1) is 0 Å². The second kappa shape index (κ2) is 5.27. The van der Waals surface area contributed by atoms with Crippen LogP contribution in [0.5, 0.6) is 0 Å². The quantitative estimate of drug-likeness (QED) is 0.898. The van der Waals surface area contributed by atoms with E-state index in [1.807, 2.05) is 13.8 Å². The number of aryl methyl sites for hydroxylation is 3. The normalized spacial score (nSPS) is 10.7. The zero-order chi connectivity index (χ0) is 13.1. The van der Waals surface area contributed by atoms with Gasteiger partial charge in [0.1, 0.15) is 0 Å².